The topological polar surface area (TPSA) is 15.3 Å². The standard InChI is InChI=1S/C7H12N2/c1-2-5-9-6-3-8-4-7-9/h1,8H,3-7H2/i3D2,4D2,6D2/hD. The van der Waals surface area contributed by atoms with E-state index in [1.807, 2.05) is 0 Å². The summed E-state index contributed by atoms with van der Waals surface area (Å²) in [4.78, 5) is 0.887. The summed E-state index contributed by atoms with van der Waals surface area (Å²) in [5, 5.41) is 0.0209. The average molecular weight is 131 g/mol. The van der Waals surface area contributed by atoms with Crippen LogP contribution in [0.25, 0.3) is 0 Å². The second kappa shape index (κ2) is 3.49. The molecule has 50 valence electrons. The lowest BCUT2D eigenvalue weighted by atomic mass is 10.4. The van der Waals surface area contributed by atoms with Gasteiger partial charge in [0.05, 0.1) is 6.54 Å². The van der Waals surface area contributed by atoms with Crippen molar-refractivity contribution in [2.75, 3.05) is 32.6 Å². The number of hydrogen-bond donors (Lipinski definition) is 1. The highest BCUT2D eigenvalue weighted by molar-refractivity contribution is 4.89. The zero-order valence-corrected chi connectivity index (χ0v) is 4.89. The maximum Gasteiger partial charge on any atom is 0.122 e. The van der Waals surface area contributed by atoms with E-state index in [4.69, 9.17) is 16.1 Å². The molecule has 0 spiro atoms. The van der Waals surface area contributed by atoms with E-state index in [1.54, 1.807) is 0 Å². The van der Waals surface area contributed by atoms with Gasteiger partial charge in [-0.3, -0.25) is 4.90 Å². The lowest BCUT2D eigenvalue weighted by Crippen LogP contribution is -2.43. The van der Waals surface area contributed by atoms with Crippen LogP contribution in [0, 0.1) is 12.3 Å². The molecule has 0 aromatic carbocycles. The normalized spacial score (nSPS) is 51.7. The van der Waals surface area contributed by atoms with Crippen LogP contribution in [0.4, 0.5) is 0 Å². The van der Waals surface area contributed by atoms with E-state index in [9.17, 15) is 0 Å². The van der Waals surface area contributed by atoms with E-state index in [-0.39, 0.29) is 11.9 Å². The molecule has 2 nitrogen and oxygen atoms in total. The Morgan fingerprint density at radius 2 is 2.78 bits per heavy atom. The van der Waals surface area contributed by atoms with Crippen molar-refractivity contribution in [1.82, 2.24) is 10.2 Å². The van der Waals surface area contributed by atoms with Crippen LogP contribution in [0.1, 0.15) is 8.22 Å². The van der Waals surface area contributed by atoms with Crippen molar-refractivity contribution in [2.24, 2.45) is 0 Å². The first kappa shape index (κ1) is 1.98. The highest BCUT2D eigenvalue weighted by atomic mass is 15.2. The number of nitrogens with zero attached hydrogens (tertiary/aromatic N) is 1. The third-order valence-electron chi connectivity index (χ3n) is 0.887. The molecule has 9 heavy (non-hydrogen) atoms. The molecular formula is C7H12N2. The van der Waals surface area contributed by atoms with Crippen LogP contribution in [0.2, 0.25) is 1.41 Å². The summed E-state index contributed by atoms with van der Waals surface area (Å²) < 4.78 is 52.4. The first-order valence-electron chi connectivity index (χ1n) is 6.00. The molecule has 1 aliphatic heterocycles. The van der Waals surface area contributed by atoms with Crippen LogP contribution in [-0.4, -0.2) is 37.5 Å². The zero-order chi connectivity index (χ0) is 12.8. The van der Waals surface area contributed by atoms with Crippen molar-refractivity contribution in [2.45, 2.75) is 0 Å². The first-order chi connectivity index (χ1) is 7.07. The Balaban J connectivity index is 3.15. The van der Waals surface area contributed by atoms with E-state index >= 15 is 0 Å². The Hall–Kier alpha value is -0.520. The first-order valence-corrected chi connectivity index (χ1v) is 2.55. The summed E-state index contributed by atoms with van der Waals surface area (Å²) in [6, 6.07) is 0. The molecule has 0 aromatic heterocycles. The van der Waals surface area contributed by atoms with E-state index < -0.39 is 26.0 Å². The fraction of sp³-hybridized carbons (Fsp3) is 0.714. The van der Waals surface area contributed by atoms with Gasteiger partial charge in [0.15, 0.2) is 0 Å². The minimum atomic E-state index is -2.77. The number of hydrogen-bond acceptors (Lipinski definition) is 2. The van der Waals surface area contributed by atoms with E-state index in [0.29, 0.717) is 0 Å². The number of nitrogens with one attached hydrogen (secondary N) is 1. The Morgan fingerprint density at radius 3 is 3.56 bits per heavy atom. The van der Waals surface area contributed by atoms with Gasteiger partial charge in [-0.1, -0.05) is 5.92 Å². The summed E-state index contributed by atoms with van der Waals surface area (Å²) in [6.45, 7) is -8.22. The molecule has 0 aliphatic carbocycles. The van der Waals surface area contributed by atoms with Gasteiger partial charge in [0, 0.05) is 34.3 Å². The van der Waals surface area contributed by atoms with Gasteiger partial charge in [-0.15, -0.1) is 6.42 Å². The van der Waals surface area contributed by atoms with Crippen molar-refractivity contribution in [3.8, 4) is 12.3 Å². The Morgan fingerprint density at radius 1 is 1.89 bits per heavy atom. The molecule has 1 aliphatic rings. The number of terminal acetylenes is 1. The van der Waals surface area contributed by atoms with Crippen LogP contribution in [-0.2, 0) is 0 Å². The maximum absolute atomic E-state index is 7.59. The molecule has 2 heteroatoms. The number of piperazine rings is 1. The van der Waals surface area contributed by atoms with E-state index in [0.717, 1.165) is 4.90 Å². The van der Waals surface area contributed by atoms with Crippen molar-refractivity contribution >= 4 is 0 Å². The largest absolute Gasteiger partial charge is 0.314 e. The van der Waals surface area contributed by atoms with Gasteiger partial charge in [0.1, 0.15) is 1.41 Å². The van der Waals surface area contributed by atoms with Gasteiger partial charge in [-0.05, 0) is 0 Å². The molecule has 0 radical (unpaired) electrons. The van der Waals surface area contributed by atoms with Crippen LogP contribution < -0.4 is 5.31 Å². The smallest absolute Gasteiger partial charge is 0.122 e. The molecular weight excluding hydrogens is 112 g/mol. The molecule has 0 bridgehead atoms. The molecule has 0 unspecified atom stereocenters. The fourth-order valence-corrected chi connectivity index (χ4v) is 0.501. The summed E-state index contributed by atoms with van der Waals surface area (Å²) >= 11 is 0. The highest BCUT2D eigenvalue weighted by Gasteiger charge is 2.05. The van der Waals surface area contributed by atoms with Crippen molar-refractivity contribution in [3.05, 3.63) is 0 Å². The van der Waals surface area contributed by atoms with Crippen LogP contribution in [0.3, 0.4) is 0 Å². The fourth-order valence-electron chi connectivity index (χ4n) is 0.501. The highest BCUT2D eigenvalue weighted by Crippen LogP contribution is 1.88. The molecule has 0 amide bonds. The summed E-state index contributed by atoms with van der Waals surface area (Å²) in [5.74, 6) is 2.16. The molecule has 0 saturated carbocycles. The van der Waals surface area contributed by atoms with Crippen LogP contribution in [0.5, 0.6) is 0 Å². The molecule has 1 heterocycles. The van der Waals surface area contributed by atoms with Crippen molar-refractivity contribution in [3.63, 3.8) is 0 Å². The van der Waals surface area contributed by atoms with Gasteiger partial charge in [-0.25, -0.2) is 0 Å². The molecule has 1 N–H and O–H groups in total. The quantitative estimate of drug-likeness (QED) is 0.484. The maximum atomic E-state index is 7.59. The molecule has 0 atom stereocenters. The molecule has 1 fully saturated rings. The predicted octanol–water partition coefficient (Wildman–Crippen LogP) is -0.475. The van der Waals surface area contributed by atoms with Crippen molar-refractivity contribution in [1.29, 1.82) is 0 Å². The monoisotopic (exact) mass is 131 g/mol. The van der Waals surface area contributed by atoms with Gasteiger partial charge in [-0.2, -0.15) is 0 Å². The van der Waals surface area contributed by atoms with Gasteiger partial charge < -0.3 is 5.31 Å². The summed E-state index contributed by atoms with van der Waals surface area (Å²) in [5.41, 5.74) is 0. The zero-order valence-electron chi connectivity index (χ0n) is 11.9. The van der Waals surface area contributed by atoms with Crippen LogP contribution >= 0.6 is 0 Å². The Bertz CT molecular complexity index is 321. The lowest BCUT2D eigenvalue weighted by molar-refractivity contribution is 0.268. The summed E-state index contributed by atoms with van der Waals surface area (Å²) in [7, 11) is 0. The molecule has 1 rings (SSSR count). The third-order valence-corrected chi connectivity index (χ3v) is 0.887. The molecule has 0 aromatic rings. The van der Waals surface area contributed by atoms with Gasteiger partial charge in [0.2, 0.25) is 0 Å². The molecule has 1 saturated heterocycles. The van der Waals surface area contributed by atoms with Crippen LogP contribution in [0.15, 0.2) is 0 Å². The lowest BCUT2D eigenvalue weighted by Gasteiger charge is -2.24. The van der Waals surface area contributed by atoms with Gasteiger partial charge >= 0.3 is 0 Å². The van der Waals surface area contributed by atoms with Gasteiger partial charge in [0.25, 0.3) is 0 Å². The van der Waals surface area contributed by atoms with E-state index in [1.165, 1.54) is 0 Å². The third kappa shape index (κ3) is 2.05. The minimum Gasteiger partial charge on any atom is -0.314 e. The number of rotatable bonds is 1. The average Bonchev–Trinajstić information content (AvgIpc) is 2.13. The Labute approximate surface area is 66.1 Å². The second-order valence-electron chi connectivity index (χ2n) is 1.55. The minimum absolute atomic E-state index is 0.0209. The summed E-state index contributed by atoms with van der Waals surface area (Å²) in [6.07, 6.45) is 5.03. The Kier molecular flexibility index (Phi) is 0.769. The predicted molar refractivity (Wildman–Crippen MR) is 38.1 cm³/mol. The SMILES string of the molecule is [2H]N1C([2H])([2H])CN(CC#C)C([2H])([2H])C1([2H])[2H]. The second-order valence-corrected chi connectivity index (χ2v) is 1.55. The van der Waals surface area contributed by atoms with Crippen molar-refractivity contribution < 1.29 is 9.64 Å². The van der Waals surface area contributed by atoms with E-state index in [2.05, 4.69) is 5.92 Å².